The lowest BCUT2D eigenvalue weighted by Crippen LogP contribution is -2.27. The standard InChI is InChI=1S/C12H11F3O2/c1-11(2)5-12(11,10(16)17)6-3-8(14)9(15)4-7(6)13/h3-4H,5H2,1-2H3,(H,16,17). The predicted molar refractivity (Wildman–Crippen MR) is 54.0 cm³/mol. The molecule has 2 rings (SSSR count). The van der Waals surface area contributed by atoms with Crippen LogP contribution in [-0.2, 0) is 10.2 Å². The lowest BCUT2D eigenvalue weighted by Gasteiger charge is -2.17. The summed E-state index contributed by atoms with van der Waals surface area (Å²) in [6, 6.07) is 1.04. The van der Waals surface area contributed by atoms with Crippen molar-refractivity contribution in [3.05, 3.63) is 35.1 Å². The predicted octanol–water partition coefficient (Wildman–Crippen LogP) is 2.86. The minimum atomic E-state index is -1.45. The summed E-state index contributed by atoms with van der Waals surface area (Å²) in [6.45, 7) is 3.31. The van der Waals surface area contributed by atoms with E-state index in [1.165, 1.54) is 0 Å². The molecule has 92 valence electrons. The average Bonchev–Trinajstić information content (AvgIpc) is 2.77. The fourth-order valence-corrected chi connectivity index (χ4v) is 2.41. The highest BCUT2D eigenvalue weighted by atomic mass is 19.2. The van der Waals surface area contributed by atoms with Crippen LogP contribution in [0.4, 0.5) is 13.2 Å². The van der Waals surface area contributed by atoms with E-state index in [1.807, 2.05) is 0 Å². The summed E-state index contributed by atoms with van der Waals surface area (Å²) in [7, 11) is 0. The number of carboxylic acids is 1. The third-order valence-electron chi connectivity index (χ3n) is 3.57. The molecule has 1 fully saturated rings. The molecule has 17 heavy (non-hydrogen) atoms. The molecule has 1 aliphatic carbocycles. The second-order valence-corrected chi connectivity index (χ2v) is 5.02. The van der Waals surface area contributed by atoms with Crippen LogP contribution in [-0.4, -0.2) is 11.1 Å². The molecule has 0 bridgehead atoms. The van der Waals surface area contributed by atoms with Crippen molar-refractivity contribution in [3.63, 3.8) is 0 Å². The molecule has 0 aromatic heterocycles. The Morgan fingerprint density at radius 1 is 1.18 bits per heavy atom. The van der Waals surface area contributed by atoms with Gasteiger partial charge in [-0.25, -0.2) is 13.2 Å². The number of carboxylic acid groups (broad SMARTS) is 1. The number of benzene rings is 1. The van der Waals surface area contributed by atoms with Crippen LogP contribution in [0.2, 0.25) is 0 Å². The first-order chi connectivity index (χ1) is 7.72. The minimum Gasteiger partial charge on any atom is -0.481 e. The molecule has 1 aromatic carbocycles. The van der Waals surface area contributed by atoms with Gasteiger partial charge in [-0.2, -0.15) is 0 Å². The summed E-state index contributed by atoms with van der Waals surface area (Å²) < 4.78 is 39.5. The van der Waals surface area contributed by atoms with Gasteiger partial charge in [0.25, 0.3) is 0 Å². The summed E-state index contributed by atoms with van der Waals surface area (Å²) in [4.78, 5) is 11.3. The van der Waals surface area contributed by atoms with Crippen molar-refractivity contribution in [1.29, 1.82) is 0 Å². The lowest BCUT2D eigenvalue weighted by molar-refractivity contribution is -0.141. The molecule has 0 heterocycles. The van der Waals surface area contributed by atoms with Gasteiger partial charge in [-0.05, 0) is 17.9 Å². The van der Waals surface area contributed by atoms with Crippen molar-refractivity contribution >= 4 is 5.97 Å². The molecule has 2 nitrogen and oxygen atoms in total. The van der Waals surface area contributed by atoms with Crippen molar-refractivity contribution in [2.24, 2.45) is 5.41 Å². The highest BCUT2D eigenvalue weighted by molar-refractivity contribution is 5.87. The van der Waals surface area contributed by atoms with E-state index in [2.05, 4.69) is 0 Å². The smallest absolute Gasteiger partial charge is 0.314 e. The van der Waals surface area contributed by atoms with E-state index in [9.17, 15) is 23.1 Å². The van der Waals surface area contributed by atoms with Gasteiger partial charge in [-0.1, -0.05) is 13.8 Å². The quantitative estimate of drug-likeness (QED) is 0.812. The van der Waals surface area contributed by atoms with Crippen LogP contribution in [0.3, 0.4) is 0 Å². The van der Waals surface area contributed by atoms with Gasteiger partial charge in [-0.15, -0.1) is 0 Å². The zero-order chi connectivity index (χ0) is 13.0. The van der Waals surface area contributed by atoms with Crippen molar-refractivity contribution in [1.82, 2.24) is 0 Å². The number of rotatable bonds is 2. The highest BCUT2D eigenvalue weighted by Crippen LogP contribution is 2.64. The van der Waals surface area contributed by atoms with Crippen LogP contribution in [0, 0.1) is 22.9 Å². The van der Waals surface area contributed by atoms with Crippen LogP contribution in [0.1, 0.15) is 25.8 Å². The molecule has 1 saturated carbocycles. The molecule has 1 aliphatic rings. The number of aliphatic carboxylic acids is 1. The van der Waals surface area contributed by atoms with E-state index in [0.29, 0.717) is 12.1 Å². The Balaban J connectivity index is 2.62. The van der Waals surface area contributed by atoms with Crippen molar-refractivity contribution in [2.75, 3.05) is 0 Å². The molecule has 5 heteroatoms. The molecule has 0 aliphatic heterocycles. The molecule has 0 saturated heterocycles. The summed E-state index contributed by atoms with van der Waals surface area (Å²) in [5.41, 5.74) is -2.40. The van der Waals surface area contributed by atoms with Crippen molar-refractivity contribution < 1.29 is 23.1 Å². The zero-order valence-electron chi connectivity index (χ0n) is 9.35. The zero-order valence-corrected chi connectivity index (χ0v) is 9.35. The molecule has 1 aromatic rings. The van der Waals surface area contributed by atoms with Crippen LogP contribution in [0.25, 0.3) is 0 Å². The topological polar surface area (TPSA) is 37.3 Å². The van der Waals surface area contributed by atoms with Gasteiger partial charge >= 0.3 is 5.97 Å². The first-order valence-corrected chi connectivity index (χ1v) is 5.11. The summed E-state index contributed by atoms with van der Waals surface area (Å²) in [6.07, 6.45) is 0.206. The van der Waals surface area contributed by atoms with Gasteiger partial charge in [0, 0.05) is 11.6 Å². The number of carbonyl (C=O) groups is 1. The monoisotopic (exact) mass is 244 g/mol. The van der Waals surface area contributed by atoms with E-state index in [4.69, 9.17) is 0 Å². The highest BCUT2D eigenvalue weighted by Gasteiger charge is 2.68. The fourth-order valence-electron chi connectivity index (χ4n) is 2.41. The van der Waals surface area contributed by atoms with Crippen molar-refractivity contribution in [2.45, 2.75) is 25.7 Å². The molecule has 0 radical (unpaired) electrons. The Kier molecular flexibility index (Phi) is 2.28. The number of halogens is 3. The Labute approximate surface area is 96.1 Å². The van der Waals surface area contributed by atoms with E-state index in [1.54, 1.807) is 13.8 Å². The normalized spacial score (nSPS) is 25.7. The van der Waals surface area contributed by atoms with E-state index in [-0.39, 0.29) is 12.0 Å². The number of hydrogen-bond donors (Lipinski definition) is 1. The Morgan fingerprint density at radius 2 is 1.65 bits per heavy atom. The van der Waals surface area contributed by atoms with Crippen LogP contribution in [0.5, 0.6) is 0 Å². The van der Waals surface area contributed by atoms with E-state index in [0.717, 1.165) is 0 Å². The summed E-state index contributed by atoms with van der Waals surface area (Å²) in [5.74, 6) is -4.78. The maximum Gasteiger partial charge on any atom is 0.314 e. The van der Waals surface area contributed by atoms with Gasteiger partial charge in [0.05, 0.1) is 0 Å². The third-order valence-corrected chi connectivity index (χ3v) is 3.57. The molecule has 1 N–H and O–H groups in total. The van der Waals surface area contributed by atoms with Crippen LogP contribution < -0.4 is 0 Å². The molecule has 0 spiro atoms. The third kappa shape index (κ3) is 1.45. The first-order valence-electron chi connectivity index (χ1n) is 5.11. The number of hydrogen-bond acceptors (Lipinski definition) is 1. The van der Waals surface area contributed by atoms with E-state index < -0.39 is 34.3 Å². The van der Waals surface area contributed by atoms with Gasteiger partial charge in [0.2, 0.25) is 0 Å². The van der Waals surface area contributed by atoms with Gasteiger partial charge in [0.15, 0.2) is 11.6 Å². The molecular formula is C12H11F3O2. The fraction of sp³-hybridized carbons (Fsp3) is 0.417. The average molecular weight is 244 g/mol. The van der Waals surface area contributed by atoms with Gasteiger partial charge in [0.1, 0.15) is 11.2 Å². The largest absolute Gasteiger partial charge is 0.481 e. The second kappa shape index (κ2) is 3.24. The summed E-state index contributed by atoms with van der Waals surface area (Å²) in [5, 5.41) is 9.19. The summed E-state index contributed by atoms with van der Waals surface area (Å²) >= 11 is 0. The van der Waals surface area contributed by atoms with Gasteiger partial charge in [-0.3, -0.25) is 4.79 Å². The second-order valence-electron chi connectivity index (χ2n) is 5.02. The Hall–Kier alpha value is -1.52. The molecule has 1 atom stereocenters. The van der Waals surface area contributed by atoms with E-state index >= 15 is 0 Å². The minimum absolute atomic E-state index is 0.206. The molecule has 1 unspecified atom stereocenters. The maximum absolute atomic E-state index is 13.6. The maximum atomic E-state index is 13.6. The van der Waals surface area contributed by atoms with Crippen molar-refractivity contribution in [3.8, 4) is 0 Å². The molecule has 0 amide bonds. The first kappa shape index (κ1) is 12.0. The SMILES string of the molecule is CC1(C)CC1(C(=O)O)c1cc(F)c(F)cc1F. The lowest BCUT2D eigenvalue weighted by atomic mass is 9.87. The Morgan fingerprint density at radius 3 is 2.06 bits per heavy atom. The molecular weight excluding hydrogens is 233 g/mol. The van der Waals surface area contributed by atoms with Crippen LogP contribution >= 0.6 is 0 Å². The van der Waals surface area contributed by atoms with Gasteiger partial charge < -0.3 is 5.11 Å². The Bertz CT molecular complexity index is 511. The van der Waals surface area contributed by atoms with Crippen LogP contribution in [0.15, 0.2) is 12.1 Å².